The van der Waals surface area contributed by atoms with Crippen LogP contribution in [0.1, 0.15) is 47.1 Å². The Morgan fingerprint density at radius 1 is 1.08 bits per heavy atom. The third-order valence-electron chi connectivity index (χ3n) is 7.14. The number of imidazole rings is 1. The molecule has 38 heavy (non-hydrogen) atoms. The number of hydrogen-bond acceptors (Lipinski definition) is 4. The summed E-state index contributed by atoms with van der Waals surface area (Å²) in [5, 5.41) is 15.1. The SMILES string of the molecule is CCn1c(C(O)(c2ccccc2F)c2ccccc2F)nc2ccc(C(=O)N[C@@H]3CCC(=O)N(C)C3)cc21. The molecule has 0 unspecified atom stereocenters. The standard InChI is InChI=1S/C29H28F2N4O3/c1-3-35-25-16-18(27(37)32-19-13-15-26(36)34(2)17-19)12-14-24(25)33-28(35)29(38,20-8-4-6-10-22(20)30)21-9-5-7-11-23(21)31/h4-12,14,16,19,38H,3,13,15,17H2,1-2H3,(H,32,37)/t19-/m1/s1. The Morgan fingerprint density at radius 2 is 1.71 bits per heavy atom. The fraction of sp³-hybridized carbons (Fsp3) is 0.276. The summed E-state index contributed by atoms with van der Waals surface area (Å²) in [5.74, 6) is -1.62. The smallest absolute Gasteiger partial charge is 0.251 e. The van der Waals surface area contributed by atoms with E-state index in [2.05, 4.69) is 10.3 Å². The number of likely N-dealkylation sites (tertiary alicyclic amines) is 1. The zero-order valence-electron chi connectivity index (χ0n) is 21.1. The van der Waals surface area contributed by atoms with Crippen molar-refractivity contribution in [2.75, 3.05) is 13.6 Å². The average Bonchev–Trinajstić information content (AvgIpc) is 3.29. The second kappa shape index (κ2) is 9.98. The van der Waals surface area contributed by atoms with Crippen molar-refractivity contribution in [3.05, 3.63) is 101 Å². The Labute approximate surface area is 218 Å². The minimum atomic E-state index is -2.24. The molecular formula is C29H28F2N4O3. The number of aryl methyl sites for hydroxylation is 1. The van der Waals surface area contributed by atoms with Gasteiger partial charge in [0.1, 0.15) is 11.6 Å². The van der Waals surface area contributed by atoms with E-state index >= 15 is 8.78 Å². The van der Waals surface area contributed by atoms with E-state index in [1.165, 1.54) is 36.4 Å². The van der Waals surface area contributed by atoms with Gasteiger partial charge in [-0.3, -0.25) is 9.59 Å². The summed E-state index contributed by atoms with van der Waals surface area (Å²) < 4.78 is 31.9. The molecule has 196 valence electrons. The molecule has 2 amide bonds. The summed E-state index contributed by atoms with van der Waals surface area (Å²) in [7, 11) is 1.71. The summed E-state index contributed by atoms with van der Waals surface area (Å²) in [6, 6.07) is 16.1. The molecule has 9 heteroatoms. The van der Waals surface area contributed by atoms with Crippen LogP contribution in [0.25, 0.3) is 11.0 Å². The lowest BCUT2D eigenvalue weighted by Crippen LogP contribution is -2.48. The van der Waals surface area contributed by atoms with Crippen LogP contribution >= 0.6 is 0 Å². The van der Waals surface area contributed by atoms with E-state index in [4.69, 9.17) is 0 Å². The van der Waals surface area contributed by atoms with Crippen molar-refractivity contribution in [1.82, 2.24) is 19.8 Å². The maximum absolute atomic E-state index is 15.1. The molecule has 2 N–H and O–H groups in total. The van der Waals surface area contributed by atoms with Crippen LogP contribution in [0.5, 0.6) is 0 Å². The fourth-order valence-electron chi connectivity index (χ4n) is 5.15. The van der Waals surface area contributed by atoms with Gasteiger partial charge >= 0.3 is 0 Å². The molecule has 3 aromatic carbocycles. The van der Waals surface area contributed by atoms with Gasteiger partial charge in [-0.2, -0.15) is 0 Å². The van der Waals surface area contributed by atoms with Gasteiger partial charge in [0.25, 0.3) is 5.91 Å². The summed E-state index contributed by atoms with van der Waals surface area (Å²) >= 11 is 0. The van der Waals surface area contributed by atoms with Crippen LogP contribution in [-0.4, -0.2) is 51.0 Å². The number of fused-ring (bicyclic) bond motifs is 1. The van der Waals surface area contributed by atoms with Crippen molar-refractivity contribution < 1.29 is 23.5 Å². The number of halogens is 2. The van der Waals surface area contributed by atoms with E-state index in [0.29, 0.717) is 42.5 Å². The molecular weight excluding hydrogens is 490 g/mol. The lowest BCUT2D eigenvalue weighted by Gasteiger charge is -2.30. The van der Waals surface area contributed by atoms with Crippen LogP contribution in [0.4, 0.5) is 8.78 Å². The molecule has 0 aliphatic carbocycles. The number of piperidine rings is 1. The second-order valence-corrected chi connectivity index (χ2v) is 9.54. The van der Waals surface area contributed by atoms with Crippen molar-refractivity contribution in [3.8, 4) is 0 Å². The van der Waals surface area contributed by atoms with E-state index in [0.717, 1.165) is 0 Å². The van der Waals surface area contributed by atoms with Crippen molar-refractivity contribution >= 4 is 22.8 Å². The zero-order chi connectivity index (χ0) is 27.0. The Hall–Kier alpha value is -4.11. The minimum absolute atomic E-state index is 0.0372. The van der Waals surface area contributed by atoms with Crippen molar-refractivity contribution in [1.29, 1.82) is 0 Å². The summed E-state index contributed by atoms with van der Waals surface area (Å²) in [6.45, 7) is 2.58. The van der Waals surface area contributed by atoms with Crippen LogP contribution in [0, 0.1) is 11.6 Å². The molecule has 0 spiro atoms. The summed E-state index contributed by atoms with van der Waals surface area (Å²) in [4.78, 5) is 31.1. The highest BCUT2D eigenvalue weighted by Gasteiger charge is 2.42. The van der Waals surface area contributed by atoms with E-state index in [-0.39, 0.29) is 34.8 Å². The number of nitrogens with one attached hydrogen (secondary N) is 1. The van der Waals surface area contributed by atoms with E-state index in [9.17, 15) is 14.7 Å². The maximum Gasteiger partial charge on any atom is 0.251 e. The first kappa shape index (κ1) is 25.5. The third-order valence-corrected chi connectivity index (χ3v) is 7.14. The lowest BCUT2D eigenvalue weighted by atomic mass is 9.84. The Morgan fingerprint density at radius 3 is 2.29 bits per heavy atom. The van der Waals surface area contributed by atoms with Crippen LogP contribution in [-0.2, 0) is 16.9 Å². The minimum Gasteiger partial charge on any atom is -0.373 e. The van der Waals surface area contributed by atoms with Gasteiger partial charge in [-0.05, 0) is 43.7 Å². The Bertz CT molecular complexity index is 1490. The largest absolute Gasteiger partial charge is 0.373 e. The third kappa shape index (κ3) is 4.32. The molecule has 1 aromatic heterocycles. The first-order chi connectivity index (χ1) is 18.2. The normalized spacial score (nSPS) is 16.2. The Kier molecular flexibility index (Phi) is 6.71. The maximum atomic E-state index is 15.1. The van der Waals surface area contributed by atoms with Crippen LogP contribution in [0.2, 0.25) is 0 Å². The molecule has 2 heterocycles. The number of amides is 2. The number of carbonyl (C=O) groups is 2. The molecule has 7 nitrogen and oxygen atoms in total. The van der Waals surface area contributed by atoms with Crippen LogP contribution in [0.3, 0.4) is 0 Å². The van der Waals surface area contributed by atoms with Crippen molar-refractivity contribution in [2.24, 2.45) is 0 Å². The lowest BCUT2D eigenvalue weighted by molar-refractivity contribution is -0.132. The van der Waals surface area contributed by atoms with Crippen LogP contribution < -0.4 is 5.32 Å². The first-order valence-electron chi connectivity index (χ1n) is 12.5. The van der Waals surface area contributed by atoms with Gasteiger partial charge in [0.2, 0.25) is 5.91 Å². The van der Waals surface area contributed by atoms with Gasteiger partial charge in [-0.25, -0.2) is 13.8 Å². The Balaban J connectivity index is 1.61. The van der Waals surface area contributed by atoms with Gasteiger partial charge in [-0.15, -0.1) is 0 Å². The number of aromatic nitrogens is 2. The number of likely N-dealkylation sites (N-methyl/N-ethyl adjacent to an activating group) is 1. The molecule has 0 bridgehead atoms. The molecule has 1 fully saturated rings. The number of rotatable bonds is 6. The monoisotopic (exact) mass is 518 g/mol. The molecule has 1 aliphatic rings. The zero-order valence-corrected chi connectivity index (χ0v) is 21.1. The number of benzene rings is 3. The van der Waals surface area contributed by atoms with E-state index < -0.39 is 17.2 Å². The molecule has 1 atom stereocenters. The van der Waals surface area contributed by atoms with Crippen molar-refractivity contribution in [2.45, 2.75) is 38.0 Å². The van der Waals surface area contributed by atoms with Crippen LogP contribution in [0.15, 0.2) is 66.7 Å². The quantitative estimate of drug-likeness (QED) is 0.405. The highest BCUT2D eigenvalue weighted by Crippen LogP contribution is 2.40. The predicted octanol–water partition coefficient (Wildman–Crippen LogP) is 3.97. The van der Waals surface area contributed by atoms with Gasteiger partial charge in [0.15, 0.2) is 11.4 Å². The summed E-state index contributed by atoms with van der Waals surface area (Å²) in [5.41, 5.74) is -1.14. The van der Waals surface area contributed by atoms with Gasteiger partial charge in [0.05, 0.1) is 11.0 Å². The van der Waals surface area contributed by atoms with Gasteiger partial charge < -0.3 is 19.9 Å². The van der Waals surface area contributed by atoms with Gasteiger partial charge in [-0.1, -0.05) is 36.4 Å². The molecule has 5 rings (SSSR count). The summed E-state index contributed by atoms with van der Waals surface area (Å²) in [6.07, 6.45) is 0.934. The number of nitrogens with zero attached hydrogens (tertiary/aromatic N) is 3. The first-order valence-corrected chi connectivity index (χ1v) is 12.5. The number of aliphatic hydroxyl groups is 1. The number of hydrogen-bond donors (Lipinski definition) is 2. The second-order valence-electron chi connectivity index (χ2n) is 9.54. The van der Waals surface area contributed by atoms with Gasteiger partial charge in [0, 0.05) is 49.3 Å². The molecule has 1 aliphatic heterocycles. The molecule has 0 saturated carbocycles. The molecule has 0 radical (unpaired) electrons. The van der Waals surface area contributed by atoms with E-state index in [1.54, 1.807) is 46.8 Å². The fourth-order valence-corrected chi connectivity index (χ4v) is 5.15. The molecule has 1 saturated heterocycles. The highest BCUT2D eigenvalue weighted by molar-refractivity contribution is 5.97. The number of carbonyl (C=O) groups excluding carboxylic acids is 2. The molecule has 4 aromatic rings. The van der Waals surface area contributed by atoms with Crippen molar-refractivity contribution in [3.63, 3.8) is 0 Å². The highest BCUT2D eigenvalue weighted by atomic mass is 19.1. The van der Waals surface area contributed by atoms with E-state index in [1.807, 2.05) is 6.92 Å². The topological polar surface area (TPSA) is 87.5 Å². The average molecular weight is 519 g/mol. The predicted molar refractivity (Wildman–Crippen MR) is 138 cm³/mol.